The molecule has 1 saturated carbocycles. The summed E-state index contributed by atoms with van der Waals surface area (Å²) in [7, 11) is 0. The van der Waals surface area contributed by atoms with Gasteiger partial charge in [0.25, 0.3) is 0 Å². The number of carbonyl (C=O) groups excluding carboxylic acids is 2. The van der Waals surface area contributed by atoms with Crippen LogP contribution in [0.5, 0.6) is 0 Å². The average Bonchev–Trinajstić information content (AvgIpc) is 3.21. The predicted octanol–water partition coefficient (Wildman–Crippen LogP) is 3.43. The number of esters is 1. The highest BCUT2D eigenvalue weighted by Gasteiger charge is 2.69. The second-order valence-corrected chi connectivity index (χ2v) is 10.1. The second kappa shape index (κ2) is 8.69. The molecule has 1 N–H and O–H groups in total. The molecule has 1 aliphatic carbocycles. The first-order chi connectivity index (χ1) is 15.8. The van der Waals surface area contributed by atoms with Crippen LogP contribution in [0.15, 0.2) is 22.8 Å². The molecule has 6 rings (SSSR count). The number of ether oxygens (including phenoxy) is 3. The number of nitrogens with one attached hydrogen (secondary N) is 1. The zero-order valence-corrected chi connectivity index (χ0v) is 19.4. The summed E-state index contributed by atoms with van der Waals surface area (Å²) >= 11 is 0. The van der Waals surface area contributed by atoms with E-state index in [1.54, 1.807) is 18.4 Å². The van der Waals surface area contributed by atoms with Crippen LogP contribution in [0.3, 0.4) is 0 Å². The Bertz CT molecular complexity index is 874. The van der Waals surface area contributed by atoms with Crippen LogP contribution < -0.4 is 5.32 Å². The molecule has 1 unspecified atom stereocenters. The highest BCUT2D eigenvalue weighted by molar-refractivity contribution is 5.81. The summed E-state index contributed by atoms with van der Waals surface area (Å²) in [6.07, 6.45) is 3.78. The largest absolute Gasteiger partial charge is 0.467 e. The standard InChI is InChI=1S/C24H33NO8/c1-14-6-7-18-15(2)21(29-20(27)9-8-19(26)25-13-16-5-4-12-28-16)30-22-24(18)17(14)10-11-23(3,31-22)32-33-24/h4-5,12,14-15,17-18,21-22H,6-11,13H2,1-3H3,(H,25,26)/t14-,15-,17+,18+,21-,22-,23+,24?/m1/s1. The summed E-state index contributed by atoms with van der Waals surface area (Å²) in [5.74, 6) is -0.239. The van der Waals surface area contributed by atoms with Gasteiger partial charge in [0.1, 0.15) is 5.76 Å². The summed E-state index contributed by atoms with van der Waals surface area (Å²) < 4.78 is 23.4. The van der Waals surface area contributed by atoms with E-state index in [0.29, 0.717) is 11.7 Å². The molecule has 4 aliphatic heterocycles. The lowest BCUT2D eigenvalue weighted by Gasteiger charge is -2.59. The van der Waals surface area contributed by atoms with E-state index in [-0.39, 0.29) is 43.0 Å². The average molecular weight is 464 g/mol. The Balaban J connectivity index is 1.22. The molecular formula is C24H33NO8. The Hall–Kier alpha value is -1.94. The summed E-state index contributed by atoms with van der Waals surface area (Å²) in [6.45, 7) is 6.43. The molecular weight excluding hydrogens is 430 g/mol. The van der Waals surface area contributed by atoms with E-state index in [1.807, 2.05) is 13.8 Å². The highest BCUT2D eigenvalue weighted by Crippen LogP contribution is 2.60. The summed E-state index contributed by atoms with van der Waals surface area (Å²) in [6, 6.07) is 3.53. The fourth-order valence-corrected chi connectivity index (χ4v) is 6.10. The zero-order chi connectivity index (χ0) is 23.2. The lowest BCUT2D eigenvalue weighted by molar-refractivity contribution is -0.576. The van der Waals surface area contributed by atoms with E-state index in [2.05, 4.69) is 12.2 Å². The molecule has 0 aromatic carbocycles. The lowest BCUT2D eigenvalue weighted by Crippen LogP contribution is -2.70. The van der Waals surface area contributed by atoms with Gasteiger partial charge in [-0.25, -0.2) is 9.78 Å². The molecule has 1 aromatic heterocycles. The molecule has 2 bridgehead atoms. The lowest BCUT2D eigenvalue weighted by atomic mass is 9.58. The van der Waals surface area contributed by atoms with Crippen molar-refractivity contribution in [1.29, 1.82) is 0 Å². The van der Waals surface area contributed by atoms with Gasteiger partial charge in [-0.3, -0.25) is 9.59 Å². The van der Waals surface area contributed by atoms with Gasteiger partial charge in [0.05, 0.1) is 19.2 Å². The maximum atomic E-state index is 12.6. The highest BCUT2D eigenvalue weighted by atomic mass is 17.3. The first-order valence-corrected chi connectivity index (χ1v) is 12.0. The quantitative estimate of drug-likeness (QED) is 0.505. The van der Waals surface area contributed by atoms with E-state index in [0.717, 1.165) is 25.7 Å². The number of hydrogen-bond acceptors (Lipinski definition) is 8. The molecule has 0 radical (unpaired) electrons. The van der Waals surface area contributed by atoms with Crippen LogP contribution in [0.2, 0.25) is 0 Å². The molecule has 1 aromatic rings. The van der Waals surface area contributed by atoms with E-state index in [9.17, 15) is 9.59 Å². The minimum Gasteiger partial charge on any atom is -0.467 e. The van der Waals surface area contributed by atoms with Crippen LogP contribution in [-0.2, 0) is 40.1 Å². The normalized spacial score (nSPS) is 41.7. The Labute approximate surface area is 193 Å². The van der Waals surface area contributed by atoms with Gasteiger partial charge in [-0.05, 0) is 50.2 Å². The van der Waals surface area contributed by atoms with Crippen molar-refractivity contribution in [3.05, 3.63) is 24.2 Å². The number of hydrogen-bond donors (Lipinski definition) is 1. The van der Waals surface area contributed by atoms with Gasteiger partial charge in [0.15, 0.2) is 11.9 Å². The molecule has 5 heterocycles. The fourth-order valence-electron chi connectivity index (χ4n) is 6.10. The zero-order valence-electron chi connectivity index (χ0n) is 19.4. The number of furan rings is 1. The number of fused-ring (bicyclic) bond motifs is 2. The smallest absolute Gasteiger partial charge is 0.308 e. The SMILES string of the molecule is C[C@H]1[C@H](OC(=O)CCC(=O)NCc2ccco2)O[C@@H]2O[C@]3(C)CC[C@H]4[C@H](C)CC[C@@H]1C24OO3. The minimum atomic E-state index is -0.876. The van der Waals surface area contributed by atoms with Gasteiger partial charge in [-0.1, -0.05) is 13.8 Å². The third-order valence-electron chi connectivity index (χ3n) is 7.94. The number of amides is 1. The predicted molar refractivity (Wildman–Crippen MR) is 113 cm³/mol. The van der Waals surface area contributed by atoms with Crippen molar-refractivity contribution in [3.8, 4) is 0 Å². The van der Waals surface area contributed by atoms with Gasteiger partial charge >= 0.3 is 5.97 Å². The third kappa shape index (κ3) is 4.09. The Morgan fingerprint density at radius 3 is 2.79 bits per heavy atom. The van der Waals surface area contributed by atoms with Gasteiger partial charge in [0, 0.05) is 24.7 Å². The maximum Gasteiger partial charge on any atom is 0.308 e. The summed E-state index contributed by atoms with van der Waals surface area (Å²) in [4.78, 5) is 36.5. The van der Waals surface area contributed by atoms with Crippen LogP contribution >= 0.6 is 0 Å². The Morgan fingerprint density at radius 1 is 1.15 bits per heavy atom. The Kier molecular flexibility index (Phi) is 6.01. The maximum absolute atomic E-state index is 12.6. The molecule has 5 fully saturated rings. The van der Waals surface area contributed by atoms with Crippen LogP contribution in [0.25, 0.3) is 0 Å². The van der Waals surface area contributed by atoms with Crippen molar-refractivity contribution in [2.45, 2.75) is 89.8 Å². The first-order valence-electron chi connectivity index (χ1n) is 12.0. The van der Waals surface area contributed by atoms with Crippen molar-refractivity contribution in [1.82, 2.24) is 5.32 Å². The van der Waals surface area contributed by atoms with Gasteiger partial charge < -0.3 is 23.9 Å². The Morgan fingerprint density at radius 2 is 2.00 bits per heavy atom. The van der Waals surface area contributed by atoms with E-state index in [1.165, 1.54) is 0 Å². The van der Waals surface area contributed by atoms with E-state index < -0.39 is 29.9 Å². The van der Waals surface area contributed by atoms with Crippen molar-refractivity contribution in [2.24, 2.45) is 23.7 Å². The molecule has 8 atom stereocenters. The fraction of sp³-hybridized carbons (Fsp3) is 0.750. The number of rotatable bonds is 6. The van der Waals surface area contributed by atoms with Crippen molar-refractivity contribution in [2.75, 3.05) is 0 Å². The molecule has 4 saturated heterocycles. The molecule has 33 heavy (non-hydrogen) atoms. The monoisotopic (exact) mass is 463 g/mol. The van der Waals surface area contributed by atoms with E-state index >= 15 is 0 Å². The molecule has 1 amide bonds. The van der Waals surface area contributed by atoms with Crippen molar-refractivity contribution in [3.63, 3.8) is 0 Å². The summed E-state index contributed by atoms with van der Waals surface area (Å²) in [5, 5.41) is 2.73. The molecule has 182 valence electrons. The van der Waals surface area contributed by atoms with Crippen LogP contribution in [0.4, 0.5) is 0 Å². The van der Waals surface area contributed by atoms with Crippen LogP contribution in [-0.4, -0.2) is 35.8 Å². The van der Waals surface area contributed by atoms with Crippen LogP contribution in [0, 0.1) is 23.7 Å². The van der Waals surface area contributed by atoms with E-state index in [4.69, 9.17) is 28.4 Å². The van der Waals surface area contributed by atoms with Crippen molar-refractivity contribution < 1.29 is 38.0 Å². The van der Waals surface area contributed by atoms with Gasteiger partial charge in [-0.2, -0.15) is 0 Å². The topological polar surface area (TPSA) is 105 Å². The van der Waals surface area contributed by atoms with Crippen molar-refractivity contribution >= 4 is 11.9 Å². The molecule has 9 heteroatoms. The first kappa shape index (κ1) is 22.8. The molecule has 5 aliphatic rings. The third-order valence-corrected chi connectivity index (χ3v) is 7.94. The summed E-state index contributed by atoms with van der Waals surface area (Å²) in [5.41, 5.74) is -0.693. The van der Waals surface area contributed by atoms with Gasteiger partial charge in [0.2, 0.25) is 18.0 Å². The molecule has 1 spiro atoms. The molecule has 9 nitrogen and oxygen atoms in total. The minimum absolute atomic E-state index is 0.0303. The second-order valence-electron chi connectivity index (χ2n) is 10.1. The van der Waals surface area contributed by atoms with Crippen LogP contribution in [0.1, 0.15) is 65.1 Å². The van der Waals surface area contributed by atoms with Gasteiger partial charge in [-0.15, -0.1) is 0 Å². The number of carbonyl (C=O) groups is 2.